The molecule has 0 atom stereocenters. The van der Waals surface area contributed by atoms with E-state index in [9.17, 15) is 14.0 Å². The van der Waals surface area contributed by atoms with Crippen molar-refractivity contribution < 1.29 is 14.0 Å². The molecule has 0 bridgehead atoms. The van der Waals surface area contributed by atoms with Crippen LogP contribution in [0.1, 0.15) is 20.7 Å². The Balaban J connectivity index is 2.27. The number of carbonyl (C=O) groups excluding carboxylic acids is 2. The molecule has 1 aromatic heterocycles. The van der Waals surface area contributed by atoms with Gasteiger partial charge in [0.15, 0.2) is 6.29 Å². The van der Waals surface area contributed by atoms with E-state index in [1.807, 2.05) is 0 Å². The number of halogens is 2. The summed E-state index contributed by atoms with van der Waals surface area (Å²) in [6.07, 6.45) is 1.93. The maximum absolute atomic E-state index is 13.6. The van der Waals surface area contributed by atoms with Crippen LogP contribution in [0.25, 0.3) is 10.9 Å². The van der Waals surface area contributed by atoms with Gasteiger partial charge in [0.05, 0.1) is 10.5 Å². The summed E-state index contributed by atoms with van der Waals surface area (Å²) < 4.78 is 14.9. The minimum absolute atomic E-state index is 0.158. The van der Waals surface area contributed by atoms with Gasteiger partial charge in [-0.3, -0.25) is 14.2 Å². The Hall–Kier alpha value is -2.46. The van der Waals surface area contributed by atoms with Crippen molar-refractivity contribution in [3.8, 4) is 0 Å². The van der Waals surface area contributed by atoms with Crippen molar-refractivity contribution in [1.29, 1.82) is 0 Å². The van der Waals surface area contributed by atoms with Crippen LogP contribution in [-0.2, 0) is 0 Å². The van der Waals surface area contributed by atoms with E-state index < -0.39 is 5.82 Å². The van der Waals surface area contributed by atoms with E-state index in [-0.39, 0.29) is 21.9 Å². The molecule has 0 N–H and O–H groups in total. The van der Waals surface area contributed by atoms with E-state index >= 15 is 0 Å². The standard InChI is InChI=1S/C16H9ClFNO2/c17-15-12(18)6-7-13-14(15)11(9-20)8-19(13)16(21)10-4-2-1-3-5-10/h1-9H. The molecule has 5 heteroatoms. The summed E-state index contributed by atoms with van der Waals surface area (Å²) in [5.41, 5.74) is 1.04. The summed E-state index contributed by atoms with van der Waals surface area (Å²) in [7, 11) is 0. The second-order valence-corrected chi connectivity index (χ2v) is 4.88. The molecule has 0 aliphatic carbocycles. The number of rotatable bonds is 2. The van der Waals surface area contributed by atoms with Crippen molar-refractivity contribution in [1.82, 2.24) is 4.57 Å². The van der Waals surface area contributed by atoms with Crippen LogP contribution >= 0.6 is 11.6 Å². The van der Waals surface area contributed by atoms with Crippen LogP contribution in [0, 0.1) is 5.82 Å². The molecule has 3 aromatic rings. The number of aromatic nitrogens is 1. The van der Waals surface area contributed by atoms with Gasteiger partial charge in [-0.25, -0.2) is 4.39 Å². The smallest absolute Gasteiger partial charge is 0.262 e. The van der Waals surface area contributed by atoms with E-state index in [1.165, 1.54) is 22.9 Å². The van der Waals surface area contributed by atoms with E-state index in [1.54, 1.807) is 30.3 Å². The predicted molar refractivity (Wildman–Crippen MR) is 78.5 cm³/mol. The molecule has 0 amide bonds. The Labute approximate surface area is 124 Å². The van der Waals surface area contributed by atoms with E-state index in [0.717, 1.165) is 0 Å². The molecule has 3 nitrogen and oxygen atoms in total. The average Bonchev–Trinajstić information content (AvgIpc) is 2.90. The second-order valence-electron chi connectivity index (χ2n) is 4.50. The first-order valence-corrected chi connectivity index (χ1v) is 6.55. The third kappa shape index (κ3) is 2.14. The van der Waals surface area contributed by atoms with Crippen molar-refractivity contribution in [2.24, 2.45) is 0 Å². The summed E-state index contributed by atoms with van der Waals surface area (Å²) in [5, 5.41) is 0.0881. The molecule has 0 spiro atoms. The largest absolute Gasteiger partial charge is 0.298 e. The molecule has 0 saturated heterocycles. The van der Waals surface area contributed by atoms with E-state index in [2.05, 4.69) is 0 Å². The van der Waals surface area contributed by atoms with Crippen LogP contribution in [0.2, 0.25) is 5.02 Å². The highest BCUT2D eigenvalue weighted by atomic mass is 35.5. The Bertz CT molecular complexity index is 856. The quantitative estimate of drug-likeness (QED) is 0.673. The van der Waals surface area contributed by atoms with Gasteiger partial charge in [-0.05, 0) is 24.3 Å². The fraction of sp³-hybridized carbons (Fsp3) is 0. The number of carbonyl (C=O) groups is 2. The number of aldehydes is 1. The van der Waals surface area contributed by atoms with Gasteiger partial charge in [-0.2, -0.15) is 0 Å². The number of nitrogens with zero attached hydrogens (tertiary/aromatic N) is 1. The van der Waals surface area contributed by atoms with Gasteiger partial charge in [0.1, 0.15) is 5.82 Å². The van der Waals surface area contributed by atoms with Gasteiger partial charge < -0.3 is 0 Å². The monoisotopic (exact) mass is 301 g/mol. The first kappa shape index (κ1) is 13.5. The molecular weight excluding hydrogens is 293 g/mol. The Morgan fingerprint density at radius 2 is 1.86 bits per heavy atom. The molecular formula is C16H9ClFNO2. The Kier molecular flexibility index (Phi) is 3.31. The van der Waals surface area contributed by atoms with Crippen molar-refractivity contribution >= 4 is 34.7 Å². The highest BCUT2D eigenvalue weighted by Crippen LogP contribution is 2.30. The van der Waals surface area contributed by atoms with Crippen LogP contribution in [0.3, 0.4) is 0 Å². The highest BCUT2D eigenvalue weighted by Gasteiger charge is 2.18. The lowest BCUT2D eigenvalue weighted by atomic mass is 10.2. The first-order valence-electron chi connectivity index (χ1n) is 6.17. The third-order valence-electron chi connectivity index (χ3n) is 3.26. The lowest BCUT2D eigenvalue weighted by molar-refractivity contribution is 0.0965. The van der Waals surface area contributed by atoms with Crippen molar-refractivity contribution in [2.75, 3.05) is 0 Å². The number of hydrogen-bond donors (Lipinski definition) is 0. The second kappa shape index (κ2) is 5.14. The van der Waals surface area contributed by atoms with Gasteiger partial charge in [0.25, 0.3) is 5.91 Å². The third-order valence-corrected chi connectivity index (χ3v) is 3.63. The fourth-order valence-corrected chi connectivity index (χ4v) is 2.54. The zero-order chi connectivity index (χ0) is 15.0. The van der Waals surface area contributed by atoms with Crippen molar-refractivity contribution in [3.63, 3.8) is 0 Å². The molecule has 0 radical (unpaired) electrons. The van der Waals surface area contributed by atoms with Crippen molar-refractivity contribution in [3.05, 3.63) is 70.6 Å². The van der Waals surface area contributed by atoms with Gasteiger partial charge in [0, 0.05) is 22.7 Å². The maximum Gasteiger partial charge on any atom is 0.262 e. The summed E-state index contributed by atoms with van der Waals surface area (Å²) >= 11 is 5.92. The van der Waals surface area contributed by atoms with Crippen LogP contribution in [0.4, 0.5) is 4.39 Å². The Morgan fingerprint density at radius 3 is 2.52 bits per heavy atom. The van der Waals surface area contributed by atoms with E-state index in [0.29, 0.717) is 17.4 Å². The summed E-state index contributed by atoms with van der Waals surface area (Å²) in [5.74, 6) is -0.937. The lowest BCUT2D eigenvalue weighted by Gasteiger charge is -2.04. The average molecular weight is 302 g/mol. The van der Waals surface area contributed by atoms with Gasteiger partial charge in [-0.15, -0.1) is 0 Å². The molecule has 2 aromatic carbocycles. The molecule has 104 valence electrons. The van der Waals surface area contributed by atoms with Crippen LogP contribution < -0.4 is 0 Å². The molecule has 0 unspecified atom stereocenters. The lowest BCUT2D eigenvalue weighted by Crippen LogP contribution is -2.10. The Morgan fingerprint density at radius 1 is 1.14 bits per heavy atom. The molecule has 3 rings (SSSR count). The summed E-state index contributed by atoms with van der Waals surface area (Å²) in [4.78, 5) is 23.6. The van der Waals surface area contributed by atoms with Crippen LogP contribution in [0.5, 0.6) is 0 Å². The summed E-state index contributed by atoms with van der Waals surface area (Å²) in [6, 6.07) is 11.2. The topological polar surface area (TPSA) is 39.1 Å². The maximum atomic E-state index is 13.6. The normalized spacial score (nSPS) is 10.8. The van der Waals surface area contributed by atoms with Gasteiger partial charge in [0.2, 0.25) is 0 Å². The van der Waals surface area contributed by atoms with Crippen LogP contribution in [-0.4, -0.2) is 16.8 Å². The predicted octanol–water partition coefficient (Wildman–Crippen LogP) is 3.93. The number of hydrogen-bond acceptors (Lipinski definition) is 2. The SMILES string of the molecule is O=Cc1cn(C(=O)c2ccccc2)c2ccc(F)c(Cl)c12. The zero-order valence-corrected chi connectivity index (χ0v) is 11.5. The molecule has 0 fully saturated rings. The molecule has 0 aliphatic rings. The van der Waals surface area contributed by atoms with Crippen LogP contribution in [0.15, 0.2) is 48.7 Å². The molecule has 21 heavy (non-hydrogen) atoms. The first-order chi connectivity index (χ1) is 10.1. The summed E-state index contributed by atoms with van der Waals surface area (Å²) in [6.45, 7) is 0. The van der Waals surface area contributed by atoms with E-state index in [4.69, 9.17) is 11.6 Å². The molecule has 1 heterocycles. The minimum Gasteiger partial charge on any atom is -0.298 e. The number of benzene rings is 2. The molecule has 0 saturated carbocycles. The molecule has 0 aliphatic heterocycles. The minimum atomic E-state index is -0.628. The van der Waals surface area contributed by atoms with Gasteiger partial charge >= 0.3 is 0 Å². The number of fused-ring (bicyclic) bond motifs is 1. The zero-order valence-electron chi connectivity index (χ0n) is 10.7. The highest BCUT2D eigenvalue weighted by molar-refractivity contribution is 6.36. The van der Waals surface area contributed by atoms with Crippen molar-refractivity contribution in [2.45, 2.75) is 0 Å². The fourth-order valence-electron chi connectivity index (χ4n) is 2.27. The van der Waals surface area contributed by atoms with Gasteiger partial charge in [-0.1, -0.05) is 29.8 Å².